The van der Waals surface area contributed by atoms with Gasteiger partial charge >= 0.3 is 5.97 Å². The van der Waals surface area contributed by atoms with Crippen LogP contribution in [0.1, 0.15) is 10.6 Å². The number of aryl methyl sites for hydroxylation is 1. The maximum atomic E-state index is 11.7. The van der Waals surface area contributed by atoms with E-state index < -0.39 is 15.8 Å². The topological polar surface area (TPSA) is 97.2 Å². The fourth-order valence-corrected chi connectivity index (χ4v) is 4.96. The van der Waals surface area contributed by atoms with Gasteiger partial charge in [0.05, 0.1) is 17.0 Å². The van der Waals surface area contributed by atoms with Crippen LogP contribution in [0, 0.1) is 6.92 Å². The van der Waals surface area contributed by atoms with E-state index in [1.54, 1.807) is 13.0 Å². The predicted molar refractivity (Wildman–Crippen MR) is 79.7 cm³/mol. The molecule has 0 aliphatic carbocycles. The zero-order valence-electron chi connectivity index (χ0n) is 11.2. The average Bonchev–Trinajstić information content (AvgIpc) is 2.68. The number of hydrogen-bond donors (Lipinski definition) is 1. The fourth-order valence-electron chi connectivity index (χ4n) is 1.56. The number of carboxylic acids is 1. The summed E-state index contributed by atoms with van der Waals surface area (Å²) in [5, 5.41) is 9.16. The zero-order chi connectivity index (χ0) is 15.6. The van der Waals surface area contributed by atoms with Crippen molar-refractivity contribution in [2.24, 2.45) is 0 Å². The van der Waals surface area contributed by atoms with E-state index >= 15 is 0 Å². The molecule has 0 aromatic carbocycles. The number of pyridine rings is 1. The summed E-state index contributed by atoms with van der Waals surface area (Å²) in [4.78, 5) is 19.9. The molecule has 2 rings (SSSR count). The van der Waals surface area contributed by atoms with Crippen molar-refractivity contribution >= 4 is 38.9 Å². The molecule has 1 N–H and O–H groups in total. The second-order valence-electron chi connectivity index (χ2n) is 4.24. The van der Waals surface area contributed by atoms with Crippen molar-refractivity contribution in [3.63, 3.8) is 0 Å². The quantitative estimate of drug-likeness (QED) is 0.886. The standard InChI is InChI=1S/C12H12N2O4S3/c1-7-8(6-10(15)16)19-12(14-7)20-11-9(21(2,17)18)4-3-5-13-11/h3-5H,6H2,1-2H3,(H,15,16). The zero-order valence-corrected chi connectivity index (χ0v) is 13.7. The van der Waals surface area contributed by atoms with Gasteiger partial charge in [-0.25, -0.2) is 18.4 Å². The lowest BCUT2D eigenvalue weighted by molar-refractivity contribution is -0.136. The third kappa shape index (κ3) is 4.02. The molecule has 0 radical (unpaired) electrons. The van der Waals surface area contributed by atoms with Crippen LogP contribution in [0.4, 0.5) is 0 Å². The number of aromatic nitrogens is 2. The molecule has 6 nitrogen and oxygen atoms in total. The van der Waals surface area contributed by atoms with E-state index in [4.69, 9.17) is 5.11 Å². The van der Waals surface area contributed by atoms with E-state index in [-0.39, 0.29) is 11.3 Å². The Hall–Kier alpha value is -1.45. The Morgan fingerprint density at radius 3 is 2.81 bits per heavy atom. The first kappa shape index (κ1) is 15.9. The summed E-state index contributed by atoms with van der Waals surface area (Å²) in [6.07, 6.45) is 2.54. The molecule has 9 heteroatoms. The van der Waals surface area contributed by atoms with Gasteiger partial charge in [-0.15, -0.1) is 11.3 Å². The van der Waals surface area contributed by atoms with Gasteiger partial charge in [0.2, 0.25) is 0 Å². The summed E-state index contributed by atoms with van der Waals surface area (Å²) < 4.78 is 24.0. The lowest BCUT2D eigenvalue weighted by Crippen LogP contribution is -2.00. The van der Waals surface area contributed by atoms with Crippen molar-refractivity contribution in [3.8, 4) is 0 Å². The molecular formula is C12H12N2O4S3. The van der Waals surface area contributed by atoms with Crippen molar-refractivity contribution in [2.75, 3.05) is 6.26 Å². The first-order valence-electron chi connectivity index (χ1n) is 5.78. The predicted octanol–water partition coefficient (Wildman–Crippen LogP) is 2.03. The van der Waals surface area contributed by atoms with E-state index in [0.29, 0.717) is 19.9 Å². The molecule has 0 fully saturated rings. The molecule has 2 aromatic heterocycles. The number of aliphatic carboxylic acids is 1. The summed E-state index contributed by atoms with van der Waals surface area (Å²) in [6.45, 7) is 1.73. The van der Waals surface area contributed by atoms with Crippen molar-refractivity contribution in [1.29, 1.82) is 0 Å². The van der Waals surface area contributed by atoms with Crippen LogP contribution in [-0.2, 0) is 21.1 Å². The summed E-state index contributed by atoms with van der Waals surface area (Å²) in [7, 11) is -3.38. The van der Waals surface area contributed by atoms with Gasteiger partial charge in [-0.1, -0.05) is 0 Å². The summed E-state index contributed by atoms with van der Waals surface area (Å²) in [6, 6.07) is 3.05. The molecule has 112 valence electrons. The molecule has 0 unspecified atom stereocenters. The minimum atomic E-state index is -3.38. The third-order valence-corrected chi connectivity index (χ3v) is 6.00. The van der Waals surface area contributed by atoms with Crippen molar-refractivity contribution in [1.82, 2.24) is 9.97 Å². The molecule has 2 heterocycles. The van der Waals surface area contributed by atoms with E-state index in [1.165, 1.54) is 23.6 Å². The fraction of sp³-hybridized carbons (Fsp3) is 0.250. The van der Waals surface area contributed by atoms with Gasteiger partial charge in [0.15, 0.2) is 14.2 Å². The SMILES string of the molecule is Cc1nc(Sc2ncccc2S(C)(=O)=O)sc1CC(=O)O. The molecule has 0 aliphatic rings. The molecular weight excluding hydrogens is 332 g/mol. The Morgan fingerprint density at radius 1 is 1.48 bits per heavy atom. The Labute approximate surface area is 130 Å². The van der Waals surface area contributed by atoms with Crippen molar-refractivity contribution in [2.45, 2.75) is 27.6 Å². The van der Waals surface area contributed by atoms with Crippen LogP contribution in [0.3, 0.4) is 0 Å². The highest BCUT2D eigenvalue weighted by Gasteiger charge is 2.18. The number of rotatable bonds is 5. The van der Waals surface area contributed by atoms with Crippen LogP contribution < -0.4 is 0 Å². The van der Waals surface area contributed by atoms with Gasteiger partial charge in [-0.05, 0) is 30.8 Å². The molecule has 0 atom stereocenters. The smallest absolute Gasteiger partial charge is 0.308 e. The number of hydrogen-bond acceptors (Lipinski definition) is 7. The molecule has 2 aromatic rings. The van der Waals surface area contributed by atoms with Crippen LogP contribution in [0.5, 0.6) is 0 Å². The van der Waals surface area contributed by atoms with E-state index in [0.717, 1.165) is 18.0 Å². The molecule has 0 bridgehead atoms. The van der Waals surface area contributed by atoms with Gasteiger partial charge < -0.3 is 5.11 Å². The monoisotopic (exact) mass is 344 g/mol. The highest BCUT2D eigenvalue weighted by molar-refractivity contribution is 8.01. The molecule has 0 aliphatic heterocycles. The summed E-state index contributed by atoms with van der Waals surface area (Å²) in [5.74, 6) is -0.923. The van der Waals surface area contributed by atoms with E-state index in [9.17, 15) is 13.2 Å². The van der Waals surface area contributed by atoms with Crippen LogP contribution >= 0.6 is 23.1 Å². The maximum Gasteiger partial charge on any atom is 0.308 e. The third-order valence-electron chi connectivity index (χ3n) is 2.50. The van der Waals surface area contributed by atoms with Crippen LogP contribution in [0.2, 0.25) is 0 Å². The lowest BCUT2D eigenvalue weighted by atomic mass is 10.3. The number of carbonyl (C=O) groups is 1. The average molecular weight is 344 g/mol. The highest BCUT2D eigenvalue weighted by atomic mass is 32.2. The molecule has 0 amide bonds. The first-order valence-corrected chi connectivity index (χ1v) is 9.31. The summed E-state index contributed by atoms with van der Waals surface area (Å²) in [5.41, 5.74) is 0.640. The van der Waals surface area contributed by atoms with Gasteiger partial charge in [-0.3, -0.25) is 4.79 Å². The minimum absolute atomic E-state index is 0.0921. The van der Waals surface area contributed by atoms with Crippen LogP contribution in [0.25, 0.3) is 0 Å². The molecule has 21 heavy (non-hydrogen) atoms. The Kier molecular flexibility index (Phi) is 4.64. The van der Waals surface area contributed by atoms with E-state index in [1.807, 2.05) is 0 Å². The highest BCUT2D eigenvalue weighted by Crippen LogP contribution is 2.35. The first-order chi connectivity index (χ1) is 9.77. The Bertz CT molecular complexity index is 784. The second kappa shape index (κ2) is 6.12. The Balaban J connectivity index is 2.33. The number of thiazole rings is 1. The second-order valence-corrected chi connectivity index (χ2v) is 8.54. The van der Waals surface area contributed by atoms with Crippen LogP contribution in [-0.4, -0.2) is 35.7 Å². The number of nitrogens with zero attached hydrogens (tertiary/aromatic N) is 2. The van der Waals surface area contributed by atoms with Gasteiger partial charge in [-0.2, -0.15) is 0 Å². The molecule has 0 saturated carbocycles. The van der Waals surface area contributed by atoms with Crippen LogP contribution in [0.15, 0.2) is 32.6 Å². The minimum Gasteiger partial charge on any atom is -0.481 e. The maximum absolute atomic E-state index is 11.7. The van der Waals surface area contributed by atoms with Crippen molar-refractivity contribution in [3.05, 3.63) is 28.9 Å². The van der Waals surface area contributed by atoms with Gasteiger partial charge in [0, 0.05) is 17.3 Å². The largest absolute Gasteiger partial charge is 0.481 e. The normalized spacial score (nSPS) is 11.5. The van der Waals surface area contributed by atoms with Crippen molar-refractivity contribution < 1.29 is 18.3 Å². The van der Waals surface area contributed by atoms with E-state index in [2.05, 4.69) is 9.97 Å². The van der Waals surface area contributed by atoms with Gasteiger partial charge in [0.1, 0.15) is 5.03 Å². The Morgan fingerprint density at radius 2 is 2.19 bits per heavy atom. The van der Waals surface area contributed by atoms with Gasteiger partial charge in [0.25, 0.3) is 0 Å². The molecule has 0 spiro atoms. The number of sulfone groups is 1. The summed E-state index contributed by atoms with van der Waals surface area (Å²) >= 11 is 2.37. The molecule has 0 saturated heterocycles. The lowest BCUT2D eigenvalue weighted by Gasteiger charge is -2.03. The number of carboxylic acid groups (broad SMARTS) is 1.